The lowest BCUT2D eigenvalue weighted by Gasteiger charge is -2.35. The molecule has 1 aromatic rings. The molecule has 1 aromatic carbocycles. The van der Waals surface area contributed by atoms with Crippen molar-refractivity contribution in [2.24, 2.45) is 5.92 Å². The average Bonchev–Trinajstić information content (AvgIpc) is 3.23. The Balaban J connectivity index is 1.41. The molecule has 2 unspecified atom stereocenters. The van der Waals surface area contributed by atoms with Crippen LogP contribution in [-0.4, -0.2) is 43.7 Å². The number of rotatable bonds is 3. The molecule has 0 aromatic heterocycles. The highest BCUT2D eigenvalue weighted by Crippen LogP contribution is 2.36. The Bertz CT molecular complexity index is 458. The predicted molar refractivity (Wildman–Crippen MR) is 75.6 cm³/mol. The second-order valence-corrected chi connectivity index (χ2v) is 6.20. The molecule has 3 aliphatic rings. The lowest BCUT2D eigenvalue weighted by Crippen LogP contribution is -2.52. The normalized spacial score (nSPS) is 30.9. The summed E-state index contributed by atoms with van der Waals surface area (Å²) in [6.07, 6.45) is 2.86. The predicted octanol–water partition coefficient (Wildman–Crippen LogP) is 1.85. The van der Waals surface area contributed by atoms with E-state index in [0.717, 1.165) is 37.4 Å². The molecule has 1 aliphatic carbocycles. The van der Waals surface area contributed by atoms with Crippen LogP contribution in [0.5, 0.6) is 5.75 Å². The van der Waals surface area contributed by atoms with Crippen LogP contribution in [0.4, 0.5) is 0 Å². The topological polar surface area (TPSA) is 24.5 Å². The molecule has 0 amide bonds. The first kappa shape index (κ1) is 11.7. The van der Waals surface area contributed by atoms with Crippen LogP contribution in [0.15, 0.2) is 24.3 Å². The Morgan fingerprint density at radius 2 is 2.16 bits per heavy atom. The third kappa shape index (κ3) is 2.37. The van der Waals surface area contributed by atoms with Gasteiger partial charge < -0.3 is 10.1 Å². The van der Waals surface area contributed by atoms with Crippen LogP contribution in [-0.2, 0) is 0 Å². The summed E-state index contributed by atoms with van der Waals surface area (Å²) in [6.45, 7) is 5.57. The molecule has 0 bridgehead atoms. The van der Waals surface area contributed by atoms with Crippen LogP contribution in [0.2, 0.25) is 0 Å². The summed E-state index contributed by atoms with van der Waals surface area (Å²) in [5, 5.41) is 3.68. The molecule has 0 radical (unpaired) electrons. The van der Waals surface area contributed by atoms with E-state index in [-0.39, 0.29) is 0 Å². The number of fused-ring (bicyclic) bond motifs is 1. The second-order valence-electron chi connectivity index (χ2n) is 6.20. The van der Waals surface area contributed by atoms with E-state index in [4.69, 9.17) is 4.74 Å². The van der Waals surface area contributed by atoms with Gasteiger partial charge in [-0.15, -0.1) is 0 Å². The van der Waals surface area contributed by atoms with E-state index in [9.17, 15) is 0 Å². The van der Waals surface area contributed by atoms with Gasteiger partial charge in [-0.1, -0.05) is 18.2 Å². The molecule has 0 spiro atoms. The fourth-order valence-electron chi connectivity index (χ4n) is 3.51. The first-order chi connectivity index (χ1) is 9.40. The van der Waals surface area contributed by atoms with Crippen molar-refractivity contribution in [2.45, 2.75) is 24.8 Å². The van der Waals surface area contributed by atoms with Crippen LogP contribution < -0.4 is 10.1 Å². The standard InChI is InChI=1S/C16H22N2O/c1-2-4-16-14(3-1)13(11-19-16)9-18-8-7-17-15(10-18)12-5-6-12/h1-4,12-13,15,17H,5-11H2. The summed E-state index contributed by atoms with van der Waals surface area (Å²) in [4.78, 5) is 2.63. The van der Waals surface area contributed by atoms with Crippen molar-refractivity contribution in [3.8, 4) is 5.75 Å². The van der Waals surface area contributed by atoms with Crippen molar-refractivity contribution in [2.75, 3.05) is 32.8 Å². The minimum atomic E-state index is 0.564. The number of piperazine rings is 1. The van der Waals surface area contributed by atoms with E-state index < -0.39 is 0 Å². The fraction of sp³-hybridized carbons (Fsp3) is 0.625. The zero-order chi connectivity index (χ0) is 12.7. The smallest absolute Gasteiger partial charge is 0.122 e. The van der Waals surface area contributed by atoms with Crippen molar-refractivity contribution in [3.05, 3.63) is 29.8 Å². The summed E-state index contributed by atoms with van der Waals surface area (Å²) in [7, 11) is 0. The van der Waals surface area contributed by atoms with Gasteiger partial charge in [0.15, 0.2) is 0 Å². The molecule has 2 atom stereocenters. The number of ether oxygens (including phenoxy) is 1. The van der Waals surface area contributed by atoms with Gasteiger partial charge in [-0.05, 0) is 24.8 Å². The first-order valence-electron chi connectivity index (χ1n) is 7.57. The monoisotopic (exact) mass is 258 g/mol. The summed E-state index contributed by atoms with van der Waals surface area (Å²) < 4.78 is 5.80. The van der Waals surface area contributed by atoms with Crippen LogP contribution in [0.25, 0.3) is 0 Å². The summed E-state index contributed by atoms with van der Waals surface area (Å²) in [6, 6.07) is 9.26. The molecule has 3 heteroatoms. The Kier molecular flexibility index (Phi) is 2.97. The van der Waals surface area contributed by atoms with Crippen LogP contribution in [0.3, 0.4) is 0 Å². The molecule has 1 N–H and O–H groups in total. The third-order valence-corrected chi connectivity index (χ3v) is 4.76. The molecule has 19 heavy (non-hydrogen) atoms. The molecule has 2 fully saturated rings. The molecule has 4 rings (SSSR count). The van der Waals surface area contributed by atoms with Gasteiger partial charge in [0.05, 0.1) is 6.61 Å². The van der Waals surface area contributed by atoms with E-state index in [1.165, 1.54) is 31.5 Å². The number of benzene rings is 1. The first-order valence-corrected chi connectivity index (χ1v) is 7.57. The van der Waals surface area contributed by atoms with E-state index in [0.29, 0.717) is 5.92 Å². The summed E-state index contributed by atoms with van der Waals surface area (Å²) in [5.74, 6) is 2.62. The number of hydrogen-bond acceptors (Lipinski definition) is 3. The number of para-hydroxylation sites is 1. The molecule has 2 aliphatic heterocycles. The minimum Gasteiger partial charge on any atom is -0.493 e. The highest BCUT2D eigenvalue weighted by Gasteiger charge is 2.35. The van der Waals surface area contributed by atoms with Crippen molar-refractivity contribution in [1.82, 2.24) is 10.2 Å². The van der Waals surface area contributed by atoms with Crippen molar-refractivity contribution in [1.29, 1.82) is 0 Å². The molecular formula is C16H22N2O. The second kappa shape index (κ2) is 4.80. The minimum absolute atomic E-state index is 0.564. The number of nitrogens with zero attached hydrogens (tertiary/aromatic N) is 1. The molecule has 102 valence electrons. The summed E-state index contributed by atoms with van der Waals surface area (Å²) in [5.41, 5.74) is 1.41. The fourth-order valence-corrected chi connectivity index (χ4v) is 3.51. The molecule has 2 heterocycles. The molecule has 1 saturated heterocycles. The Morgan fingerprint density at radius 3 is 3.05 bits per heavy atom. The van der Waals surface area contributed by atoms with Gasteiger partial charge in [-0.2, -0.15) is 0 Å². The Morgan fingerprint density at radius 1 is 1.26 bits per heavy atom. The average molecular weight is 258 g/mol. The van der Waals surface area contributed by atoms with Crippen molar-refractivity contribution in [3.63, 3.8) is 0 Å². The van der Waals surface area contributed by atoms with Crippen molar-refractivity contribution >= 4 is 0 Å². The van der Waals surface area contributed by atoms with E-state index >= 15 is 0 Å². The maximum absolute atomic E-state index is 5.80. The number of hydrogen-bond donors (Lipinski definition) is 1. The van der Waals surface area contributed by atoms with Gasteiger partial charge >= 0.3 is 0 Å². The largest absolute Gasteiger partial charge is 0.493 e. The van der Waals surface area contributed by atoms with E-state index in [2.05, 4.69) is 34.5 Å². The quantitative estimate of drug-likeness (QED) is 0.895. The van der Waals surface area contributed by atoms with Crippen LogP contribution in [0, 0.1) is 5.92 Å². The Hall–Kier alpha value is -1.06. The third-order valence-electron chi connectivity index (χ3n) is 4.76. The maximum atomic E-state index is 5.80. The van der Waals surface area contributed by atoms with Gasteiger partial charge in [0, 0.05) is 43.7 Å². The van der Waals surface area contributed by atoms with Crippen molar-refractivity contribution < 1.29 is 4.74 Å². The SMILES string of the molecule is c1ccc2c(c1)OCC2CN1CCNC(C2CC2)C1. The van der Waals surface area contributed by atoms with Gasteiger partial charge in [0.2, 0.25) is 0 Å². The molecule has 3 nitrogen and oxygen atoms in total. The molecule has 1 saturated carbocycles. The van der Waals surface area contributed by atoms with Gasteiger partial charge in [0.1, 0.15) is 5.75 Å². The van der Waals surface area contributed by atoms with Crippen LogP contribution >= 0.6 is 0 Å². The van der Waals surface area contributed by atoms with E-state index in [1.807, 2.05) is 0 Å². The van der Waals surface area contributed by atoms with Gasteiger partial charge in [-0.25, -0.2) is 0 Å². The maximum Gasteiger partial charge on any atom is 0.122 e. The Labute approximate surface area is 114 Å². The molecular weight excluding hydrogens is 236 g/mol. The van der Waals surface area contributed by atoms with Gasteiger partial charge in [0.25, 0.3) is 0 Å². The summed E-state index contributed by atoms with van der Waals surface area (Å²) >= 11 is 0. The van der Waals surface area contributed by atoms with E-state index in [1.54, 1.807) is 0 Å². The highest BCUT2D eigenvalue weighted by molar-refractivity contribution is 5.39. The zero-order valence-corrected chi connectivity index (χ0v) is 11.3. The lowest BCUT2D eigenvalue weighted by atomic mass is 9.99. The van der Waals surface area contributed by atoms with Crippen LogP contribution in [0.1, 0.15) is 24.3 Å². The number of nitrogens with one attached hydrogen (secondary N) is 1. The zero-order valence-electron chi connectivity index (χ0n) is 11.3. The lowest BCUT2D eigenvalue weighted by molar-refractivity contribution is 0.171. The van der Waals surface area contributed by atoms with Gasteiger partial charge in [-0.3, -0.25) is 4.90 Å². The highest BCUT2D eigenvalue weighted by atomic mass is 16.5.